The summed E-state index contributed by atoms with van der Waals surface area (Å²) in [5, 5.41) is 8.93. The Kier molecular flexibility index (Phi) is 8.95. The molecular formula is C27H33FN4O5. The topological polar surface area (TPSA) is 109 Å². The second-order valence-corrected chi connectivity index (χ2v) is 9.23. The molecule has 3 aliphatic rings. The smallest absolute Gasteiger partial charge is 0.251 e. The highest BCUT2D eigenvalue weighted by molar-refractivity contribution is 5.94. The molecule has 0 aliphatic carbocycles. The van der Waals surface area contributed by atoms with Gasteiger partial charge in [-0.25, -0.2) is 4.39 Å². The molecule has 2 aromatic rings. The summed E-state index contributed by atoms with van der Waals surface area (Å²) >= 11 is 0. The van der Waals surface area contributed by atoms with Gasteiger partial charge < -0.3 is 30.3 Å². The first kappa shape index (κ1) is 26.4. The van der Waals surface area contributed by atoms with Crippen LogP contribution in [0.5, 0.6) is 17.2 Å². The van der Waals surface area contributed by atoms with Crippen molar-refractivity contribution in [1.82, 2.24) is 20.9 Å². The summed E-state index contributed by atoms with van der Waals surface area (Å²) in [6.07, 6.45) is 3.07. The Bertz CT molecular complexity index is 1140. The number of ether oxygens (including phenoxy) is 2. The van der Waals surface area contributed by atoms with Crippen LogP contribution < -0.4 is 25.4 Å². The first-order chi connectivity index (χ1) is 17.9. The number of nitrogens with one attached hydrogen (secondary N) is 3. The minimum atomic E-state index is -0.506. The third-order valence-electron chi connectivity index (χ3n) is 6.47. The summed E-state index contributed by atoms with van der Waals surface area (Å²) in [5.74, 6) is -0.0570. The van der Waals surface area contributed by atoms with Crippen LogP contribution in [0.25, 0.3) is 0 Å². The zero-order valence-electron chi connectivity index (χ0n) is 21.0. The lowest BCUT2D eigenvalue weighted by atomic mass is 10.1. The number of carbonyl (C=O) groups excluding carboxylic acids is 3. The summed E-state index contributed by atoms with van der Waals surface area (Å²) < 4.78 is 25.5. The molecule has 0 radical (unpaired) electrons. The van der Waals surface area contributed by atoms with Crippen LogP contribution in [0.1, 0.15) is 48.0 Å². The summed E-state index contributed by atoms with van der Waals surface area (Å²) in [6, 6.07) is 8.76. The number of hydrogen-bond acceptors (Lipinski definition) is 6. The van der Waals surface area contributed by atoms with Gasteiger partial charge in [-0.15, -0.1) is 0 Å². The van der Waals surface area contributed by atoms with Gasteiger partial charge in [0.1, 0.15) is 11.6 Å². The predicted molar refractivity (Wildman–Crippen MR) is 135 cm³/mol. The van der Waals surface area contributed by atoms with Crippen molar-refractivity contribution in [3.8, 4) is 17.2 Å². The monoisotopic (exact) mass is 512 g/mol. The maximum Gasteiger partial charge on any atom is 0.251 e. The fourth-order valence-corrected chi connectivity index (χ4v) is 4.54. The molecule has 37 heavy (non-hydrogen) atoms. The van der Waals surface area contributed by atoms with Gasteiger partial charge in [-0.1, -0.05) is 0 Å². The molecule has 0 unspecified atom stereocenters. The molecule has 0 spiro atoms. The fourth-order valence-electron chi connectivity index (χ4n) is 4.54. The Hall–Kier alpha value is -3.66. The van der Waals surface area contributed by atoms with Crippen LogP contribution in [0.4, 0.5) is 4.39 Å². The zero-order chi connectivity index (χ0) is 26.2. The lowest BCUT2D eigenvalue weighted by molar-refractivity contribution is -0.133. The molecule has 4 bridgehead atoms. The molecule has 9 nitrogen and oxygen atoms in total. The zero-order valence-corrected chi connectivity index (χ0v) is 21.0. The number of carbonyl (C=O) groups is 3. The molecule has 1 atom stereocenters. The summed E-state index contributed by atoms with van der Waals surface area (Å²) in [5.41, 5.74) is 0.932. The minimum Gasteiger partial charge on any atom is -0.493 e. The van der Waals surface area contributed by atoms with E-state index in [9.17, 15) is 18.8 Å². The van der Waals surface area contributed by atoms with Gasteiger partial charge in [-0.2, -0.15) is 0 Å². The van der Waals surface area contributed by atoms with E-state index in [0.29, 0.717) is 55.1 Å². The van der Waals surface area contributed by atoms with E-state index in [1.54, 1.807) is 29.2 Å². The van der Waals surface area contributed by atoms with Gasteiger partial charge in [-0.3, -0.25) is 14.4 Å². The van der Waals surface area contributed by atoms with Gasteiger partial charge in [0.2, 0.25) is 11.8 Å². The average molecular weight is 513 g/mol. The number of benzene rings is 2. The highest BCUT2D eigenvalue weighted by atomic mass is 19.1. The van der Waals surface area contributed by atoms with Crippen molar-refractivity contribution >= 4 is 17.7 Å². The Morgan fingerprint density at radius 3 is 2.68 bits per heavy atom. The van der Waals surface area contributed by atoms with Crippen molar-refractivity contribution in [2.24, 2.45) is 0 Å². The standard InChI is InChI=1S/C27H33FN4O5/c1-36-24-15-19-7-8-23(24)37-21-14-18(13-20(28)16-21)17-31-25(33)6-3-11-32(12-4-10-30-26(19)34)27(35)22-5-2-9-29-22/h7-8,13-16,22,29H,2-6,9-12,17H2,1H3,(H,30,34)(H,31,33)/t22-/m1/s1. The Labute approximate surface area is 215 Å². The SMILES string of the molecule is COc1cc2ccc1Oc1cc(F)cc(c1)CNC(=O)CCCN(C(=O)[C@H]1CCCN1)CCCNC2=O. The van der Waals surface area contributed by atoms with Gasteiger partial charge in [0.25, 0.3) is 5.91 Å². The third-order valence-corrected chi connectivity index (χ3v) is 6.47. The molecule has 198 valence electrons. The molecule has 5 rings (SSSR count). The molecule has 3 aliphatic heterocycles. The predicted octanol–water partition coefficient (Wildman–Crippen LogP) is 2.74. The maximum atomic E-state index is 14.3. The van der Waals surface area contributed by atoms with Crippen LogP contribution in [0.2, 0.25) is 0 Å². The van der Waals surface area contributed by atoms with Crippen molar-refractivity contribution in [3.63, 3.8) is 0 Å². The van der Waals surface area contributed by atoms with E-state index in [1.165, 1.54) is 19.2 Å². The van der Waals surface area contributed by atoms with Crippen LogP contribution >= 0.6 is 0 Å². The number of fused-ring (bicyclic) bond motifs is 13. The van der Waals surface area contributed by atoms with Crippen molar-refractivity contribution in [2.45, 2.75) is 44.7 Å². The van der Waals surface area contributed by atoms with Gasteiger partial charge >= 0.3 is 0 Å². The number of hydrogen-bond donors (Lipinski definition) is 3. The first-order valence-corrected chi connectivity index (χ1v) is 12.7. The van der Waals surface area contributed by atoms with E-state index in [2.05, 4.69) is 16.0 Å². The molecule has 3 heterocycles. The van der Waals surface area contributed by atoms with Crippen LogP contribution in [0, 0.1) is 5.82 Å². The summed E-state index contributed by atoms with van der Waals surface area (Å²) in [6.45, 7) is 2.25. The van der Waals surface area contributed by atoms with Crippen LogP contribution in [0.15, 0.2) is 36.4 Å². The number of rotatable bonds is 2. The quantitative estimate of drug-likeness (QED) is 0.571. The molecule has 1 saturated heterocycles. The highest BCUT2D eigenvalue weighted by Gasteiger charge is 2.26. The minimum absolute atomic E-state index is 0.0268. The molecule has 3 amide bonds. The molecule has 0 aromatic heterocycles. The van der Waals surface area contributed by atoms with Crippen molar-refractivity contribution in [2.75, 3.05) is 33.3 Å². The van der Waals surface area contributed by atoms with E-state index in [1.807, 2.05) is 0 Å². The lowest BCUT2D eigenvalue weighted by Crippen LogP contribution is -2.45. The maximum absolute atomic E-state index is 14.3. The largest absolute Gasteiger partial charge is 0.493 e. The Balaban J connectivity index is 1.54. The van der Waals surface area contributed by atoms with Gasteiger partial charge in [0, 0.05) is 44.2 Å². The van der Waals surface area contributed by atoms with Crippen LogP contribution in [-0.2, 0) is 16.1 Å². The lowest BCUT2D eigenvalue weighted by Gasteiger charge is -2.26. The van der Waals surface area contributed by atoms with Crippen molar-refractivity contribution < 1.29 is 28.2 Å². The van der Waals surface area contributed by atoms with Crippen molar-refractivity contribution in [3.05, 3.63) is 53.3 Å². The number of amides is 3. The molecular weight excluding hydrogens is 479 g/mol. The second-order valence-electron chi connectivity index (χ2n) is 9.23. The van der Waals surface area contributed by atoms with E-state index in [0.717, 1.165) is 19.4 Å². The van der Waals surface area contributed by atoms with E-state index < -0.39 is 5.82 Å². The number of methoxy groups -OCH3 is 1. The Morgan fingerprint density at radius 2 is 1.89 bits per heavy atom. The number of nitrogens with zero attached hydrogens (tertiary/aromatic N) is 1. The summed E-state index contributed by atoms with van der Waals surface area (Å²) in [7, 11) is 1.46. The first-order valence-electron chi connectivity index (χ1n) is 12.7. The van der Waals surface area contributed by atoms with E-state index in [-0.39, 0.29) is 42.5 Å². The fraction of sp³-hybridized carbons (Fsp3) is 0.444. The second kappa shape index (κ2) is 12.5. The Morgan fingerprint density at radius 1 is 1.05 bits per heavy atom. The average Bonchev–Trinajstić information content (AvgIpc) is 3.43. The van der Waals surface area contributed by atoms with Crippen molar-refractivity contribution in [1.29, 1.82) is 0 Å². The third kappa shape index (κ3) is 7.19. The van der Waals surface area contributed by atoms with E-state index >= 15 is 0 Å². The van der Waals surface area contributed by atoms with Crippen LogP contribution in [-0.4, -0.2) is 62.0 Å². The molecule has 10 heteroatoms. The molecule has 1 fully saturated rings. The summed E-state index contributed by atoms with van der Waals surface area (Å²) in [4.78, 5) is 40.0. The number of halogens is 1. The molecule has 2 aromatic carbocycles. The normalized spacial score (nSPS) is 19.5. The van der Waals surface area contributed by atoms with Gasteiger partial charge in [0.15, 0.2) is 11.5 Å². The van der Waals surface area contributed by atoms with Gasteiger partial charge in [0.05, 0.1) is 13.2 Å². The molecule has 0 saturated carbocycles. The van der Waals surface area contributed by atoms with E-state index in [4.69, 9.17) is 9.47 Å². The highest BCUT2D eigenvalue weighted by Crippen LogP contribution is 2.33. The molecule has 3 N–H and O–H groups in total. The van der Waals surface area contributed by atoms with Gasteiger partial charge in [-0.05, 0) is 68.1 Å². The van der Waals surface area contributed by atoms with Crippen LogP contribution in [0.3, 0.4) is 0 Å².